The summed E-state index contributed by atoms with van der Waals surface area (Å²) >= 11 is 0. The number of nitrogens with zero attached hydrogens (tertiary/aromatic N) is 2. The number of fused-ring (bicyclic) bond motifs is 3. The number of benzene rings is 1. The maximum absolute atomic E-state index is 4.11. The van der Waals surface area contributed by atoms with Crippen molar-refractivity contribution in [2.45, 2.75) is 38.3 Å². The van der Waals surface area contributed by atoms with Gasteiger partial charge in [-0.3, -0.25) is 0 Å². The molecule has 1 aromatic carbocycles. The molecule has 2 unspecified atom stereocenters. The quantitative estimate of drug-likeness (QED) is 0.934. The van der Waals surface area contributed by atoms with E-state index in [1.165, 1.54) is 25.7 Å². The fraction of sp³-hybridized carbons (Fsp3) is 0.500. The lowest BCUT2D eigenvalue weighted by Crippen LogP contribution is -2.39. The van der Waals surface area contributed by atoms with Crippen molar-refractivity contribution >= 4 is 0 Å². The van der Waals surface area contributed by atoms with Crippen molar-refractivity contribution in [1.82, 2.24) is 14.9 Å². The molecule has 2 aliphatic carbocycles. The highest BCUT2D eigenvalue weighted by Gasteiger charge is 2.38. The average Bonchev–Trinajstić information content (AvgIpc) is 3.08. The molecule has 1 N–H and O–H groups in total. The van der Waals surface area contributed by atoms with Crippen LogP contribution in [0.2, 0.25) is 0 Å². The molecule has 2 aliphatic rings. The number of nitrogens with one attached hydrogen (secondary N) is 1. The predicted molar refractivity (Wildman–Crippen MR) is 84.1 cm³/mol. The molecule has 0 aliphatic heterocycles. The van der Waals surface area contributed by atoms with Gasteiger partial charge in [0.1, 0.15) is 0 Å². The van der Waals surface area contributed by atoms with Gasteiger partial charge in [0.05, 0.1) is 6.33 Å². The van der Waals surface area contributed by atoms with E-state index in [0.29, 0.717) is 6.04 Å². The first-order valence-corrected chi connectivity index (χ1v) is 8.16. The van der Waals surface area contributed by atoms with Gasteiger partial charge in [-0.05, 0) is 48.6 Å². The third-order valence-corrected chi connectivity index (χ3v) is 5.32. The fourth-order valence-electron chi connectivity index (χ4n) is 4.26. The van der Waals surface area contributed by atoms with Crippen LogP contribution in [0.15, 0.2) is 43.0 Å². The molecular weight excluding hydrogens is 258 g/mol. The van der Waals surface area contributed by atoms with Crippen LogP contribution in [-0.2, 0) is 19.4 Å². The molecule has 110 valence electrons. The summed E-state index contributed by atoms with van der Waals surface area (Å²) in [4.78, 5) is 4.11. The first-order valence-electron chi connectivity index (χ1n) is 8.16. The smallest absolute Gasteiger partial charge is 0.0946 e. The van der Waals surface area contributed by atoms with E-state index in [1.807, 2.05) is 18.7 Å². The van der Waals surface area contributed by atoms with E-state index in [9.17, 15) is 0 Å². The number of imidazole rings is 1. The summed E-state index contributed by atoms with van der Waals surface area (Å²) in [5.74, 6) is 1.64. The van der Waals surface area contributed by atoms with Crippen molar-refractivity contribution < 1.29 is 0 Å². The summed E-state index contributed by atoms with van der Waals surface area (Å²) < 4.78 is 2.15. The summed E-state index contributed by atoms with van der Waals surface area (Å²) in [6, 6.07) is 9.75. The molecule has 2 bridgehead atoms. The minimum atomic E-state index is 0.695. The topological polar surface area (TPSA) is 29.9 Å². The van der Waals surface area contributed by atoms with Gasteiger partial charge in [0.2, 0.25) is 0 Å². The molecule has 0 amide bonds. The molecule has 2 atom stereocenters. The Balaban J connectivity index is 1.43. The monoisotopic (exact) mass is 281 g/mol. The van der Waals surface area contributed by atoms with Crippen LogP contribution in [0, 0.1) is 11.8 Å². The summed E-state index contributed by atoms with van der Waals surface area (Å²) in [7, 11) is 0. The van der Waals surface area contributed by atoms with Crippen molar-refractivity contribution in [3.8, 4) is 0 Å². The van der Waals surface area contributed by atoms with Gasteiger partial charge in [-0.15, -0.1) is 0 Å². The number of aromatic nitrogens is 2. The Morgan fingerprint density at radius 2 is 1.81 bits per heavy atom. The van der Waals surface area contributed by atoms with E-state index in [-0.39, 0.29) is 0 Å². The highest BCUT2D eigenvalue weighted by atomic mass is 15.1. The van der Waals surface area contributed by atoms with E-state index in [4.69, 9.17) is 0 Å². The Bertz CT molecular complexity index is 557. The lowest BCUT2D eigenvalue weighted by atomic mass is 9.94. The van der Waals surface area contributed by atoms with Crippen molar-refractivity contribution in [3.05, 3.63) is 54.1 Å². The molecule has 2 aromatic rings. The SMILES string of the molecule is c1ccc2c(c1)CC1CCC(C2)C1NCCn1ccnc1. The highest BCUT2D eigenvalue weighted by Crippen LogP contribution is 2.39. The van der Waals surface area contributed by atoms with E-state index >= 15 is 0 Å². The second kappa shape index (κ2) is 5.64. The predicted octanol–water partition coefficient (Wildman–Crippen LogP) is 2.67. The van der Waals surface area contributed by atoms with Crippen LogP contribution in [0.3, 0.4) is 0 Å². The third-order valence-electron chi connectivity index (χ3n) is 5.32. The van der Waals surface area contributed by atoms with Crippen LogP contribution in [0.5, 0.6) is 0 Å². The summed E-state index contributed by atoms with van der Waals surface area (Å²) in [5.41, 5.74) is 3.18. The Labute approximate surface area is 126 Å². The highest BCUT2D eigenvalue weighted by molar-refractivity contribution is 5.30. The molecule has 1 aromatic heterocycles. The van der Waals surface area contributed by atoms with Gasteiger partial charge in [-0.1, -0.05) is 24.3 Å². The summed E-state index contributed by atoms with van der Waals surface area (Å²) in [6.07, 6.45) is 11.1. The van der Waals surface area contributed by atoms with Crippen molar-refractivity contribution in [2.75, 3.05) is 6.54 Å². The molecule has 4 rings (SSSR count). The normalized spacial score (nSPS) is 27.3. The molecule has 3 heteroatoms. The number of hydrogen-bond acceptors (Lipinski definition) is 2. The molecule has 0 spiro atoms. The van der Waals surface area contributed by atoms with Crippen LogP contribution in [0.25, 0.3) is 0 Å². The zero-order valence-corrected chi connectivity index (χ0v) is 12.4. The molecule has 0 radical (unpaired) electrons. The fourth-order valence-corrected chi connectivity index (χ4v) is 4.26. The molecule has 3 nitrogen and oxygen atoms in total. The van der Waals surface area contributed by atoms with Gasteiger partial charge in [-0.25, -0.2) is 4.98 Å². The Morgan fingerprint density at radius 1 is 1.10 bits per heavy atom. The molecule has 21 heavy (non-hydrogen) atoms. The summed E-state index contributed by atoms with van der Waals surface area (Å²) in [6.45, 7) is 2.06. The van der Waals surface area contributed by atoms with Gasteiger partial charge in [-0.2, -0.15) is 0 Å². The Morgan fingerprint density at radius 3 is 2.43 bits per heavy atom. The largest absolute Gasteiger partial charge is 0.336 e. The number of rotatable bonds is 4. The minimum absolute atomic E-state index is 0.695. The van der Waals surface area contributed by atoms with Gasteiger partial charge in [0.25, 0.3) is 0 Å². The lowest BCUT2D eigenvalue weighted by Gasteiger charge is -2.24. The second-order valence-electron chi connectivity index (χ2n) is 6.55. The van der Waals surface area contributed by atoms with E-state index in [2.05, 4.69) is 39.1 Å². The molecule has 0 saturated heterocycles. The maximum atomic E-state index is 4.11. The molecule has 1 fully saturated rings. The molecular formula is C18H23N3. The second-order valence-corrected chi connectivity index (χ2v) is 6.55. The van der Waals surface area contributed by atoms with Crippen LogP contribution in [-0.4, -0.2) is 22.1 Å². The van der Waals surface area contributed by atoms with E-state index in [0.717, 1.165) is 24.9 Å². The van der Waals surface area contributed by atoms with Crippen LogP contribution >= 0.6 is 0 Å². The standard InChI is InChI=1S/C18H23N3/c1-2-4-15-12-17-6-5-16(11-14(15)3-1)18(17)20-8-10-21-9-7-19-13-21/h1-4,7,9,13,16-18,20H,5-6,8,10-12H2. The van der Waals surface area contributed by atoms with Gasteiger partial charge >= 0.3 is 0 Å². The zero-order valence-electron chi connectivity index (χ0n) is 12.4. The van der Waals surface area contributed by atoms with Gasteiger partial charge < -0.3 is 9.88 Å². The summed E-state index contributed by atoms with van der Waals surface area (Å²) in [5, 5.41) is 3.85. The van der Waals surface area contributed by atoms with Crippen LogP contribution < -0.4 is 5.32 Å². The first-order chi connectivity index (χ1) is 10.4. The van der Waals surface area contributed by atoms with Crippen LogP contribution in [0.1, 0.15) is 24.0 Å². The molecule has 1 saturated carbocycles. The zero-order chi connectivity index (χ0) is 14.1. The molecule has 1 heterocycles. The van der Waals surface area contributed by atoms with Crippen molar-refractivity contribution in [1.29, 1.82) is 0 Å². The van der Waals surface area contributed by atoms with E-state index in [1.54, 1.807) is 11.1 Å². The Kier molecular flexibility index (Phi) is 3.52. The van der Waals surface area contributed by atoms with Crippen molar-refractivity contribution in [3.63, 3.8) is 0 Å². The third kappa shape index (κ3) is 2.62. The van der Waals surface area contributed by atoms with Gasteiger partial charge in [0, 0.05) is 31.5 Å². The lowest BCUT2D eigenvalue weighted by molar-refractivity contribution is 0.337. The first kappa shape index (κ1) is 13.1. The average molecular weight is 281 g/mol. The van der Waals surface area contributed by atoms with Crippen molar-refractivity contribution in [2.24, 2.45) is 11.8 Å². The Hall–Kier alpha value is -1.61. The number of hydrogen-bond donors (Lipinski definition) is 1. The van der Waals surface area contributed by atoms with E-state index < -0.39 is 0 Å². The minimum Gasteiger partial charge on any atom is -0.336 e. The maximum Gasteiger partial charge on any atom is 0.0946 e. The van der Waals surface area contributed by atoms with Crippen LogP contribution in [0.4, 0.5) is 0 Å². The van der Waals surface area contributed by atoms with Gasteiger partial charge in [0.15, 0.2) is 0 Å².